The number of nitrogens with two attached hydrogens (primary N) is 1. The molecule has 7 heteroatoms. The van der Waals surface area contributed by atoms with Crippen molar-refractivity contribution in [1.29, 1.82) is 0 Å². The predicted molar refractivity (Wildman–Crippen MR) is 95.1 cm³/mol. The van der Waals surface area contributed by atoms with E-state index in [1.165, 1.54) is 0 Å². The van der Waals surface area contributed by atoms with Gasteiger partial charge in [0.1, 0.15) is 5.69 Å². The molecule has 1 aromatic carbocycles. The molecule has 1 aliphatic rings. The third-order valence-corrected chi connectivity index (χ3v) is 4.52. The van der Waals surface area contributed by atoms with Crippen LogP contribution in [0.15, 0.2) is 30.3 Å². The average Bonchev–Trinajstić information content (AvgIpc) is 3.07. The fourth-order valence-corrected chi connectivity index (χ4v) is 3.08. The molecule has 0 spiro atoms. The van der Waals surface area contributed by atoms with Gasteiger partial charge in [0.25, 0.3) is 5.91 Å². The molecule has 0 aliphatic carbocycles. The van der Waals surface area contributed by atoms with E-state index in [2.05, 4.69) is 20.4 Å². The van der Waals surface area contributed by atoms with Crippen molar-refractivity contribution in [2.24, 2.45) is 11.7 Å². The number of hydrogen-bond acceptors (Lipinski definition) is 4. The van der Waals surface area contributed by atoms with E-state index in [0.717, 1.165) is 36.3 Å². The first-order chi connectivity index (χ1) is 12.0. The maximum atomic E-state index is 12.0. The van der Waals surface area contributed by atoms with Crippen molar-refractivity contribution in [2.75, 3.05) is 18.0 Å². The highest BCUT2D eigenvalue weighted by Crippen LogP contribution is 2.23. The molecule has 0 unspecified atom stereocenters. The zero-order chi connectivity index (χ0) is 17.8. The lowest BCUT2D eigenvalue weighted by atomic mass is 9.97. The second kappa shape index (κ2) is 7.38. The first-order valence-corrected chi connectivity index (χ1v) is 8.46. The predicted octanol–water partition coefficient (Wildman–Crippen LogP) is 1.35. The number of rotatable bonds is 5. The Balaban J connectivity index is 1.57. The van der Waals surface area contributed by atoms with Gasteiger partial charge in [0, 0.05) is 31.0 Å². The van der Waals surface area contributed by atoms with E-state index in [-0.39, 0.29) is 17.7 Å². The fraction of sp³-hybridized carbons (Fsp3) is 0.389. The van der Waals surface area contributed by atoms with Crippen molar-refractivity contribution in [3.8, 4) is 0 Å². The Morgan fingerprint density at radius 1 is 1.36 bits per heavy atom. The Bertz CT molecular complexity index is 753. The fourth-order valence-electron chi connectivity index (χ4n) is 3.08. The van der Waals surface area contributed by atoms with Gasteiger partial charge in [-0.1, -0.05) is 12.1 Å². The highest BCUT2D eigenvalue weighted by atomic mass is 16.2. The summed E-state index contributed by atoms with van der Waals surface area (Å²) in [5, 5.41) is 9.55. The molecule has 1 aliphatic heterocycles. The number of benzene rings is 1. The minimum atomic E-state index is -0.224. The van der Waals surface area contributed by atoms with E-state index in [0.29, 0.717) is 18.8 Å². The van der Waals surface area contributed by atoms with Crippen LogP contribution in [0.25, 0.3) is 0 Å². The number of aryl methyl sites for hydroxylation is 1. The second-order valence-electron chi connectivity index (χ2n) is 6.47. The Kier molecular flexibility index (Phi) is 5.02. The molecule has 2 aromatic rings. The van der Waals surface area contributed by atoms with Gasteiger partial charge in [-0.25, -0.2) is 0 Å². The van der Waals surface area contributed by atoms with Crippen molar-refractivity contribution >= 4 is 17.5 Å². The van der Waals surface area contributed by atoms with Crippen LogP contribution >= 0.6 is 0 Å². The monoisotopic (exact) mass is 341 g/mol. The molecule has 3 rings (SSSR count). The number of carbonyl (C=O) groups excluding carboxylic acids is 2. The van der Waals surface area contributed by atoms with Gasteiger partial charge in [-0.3, -0.25) is 14.7 Å². The molecule has 7 nitrogen and oxygen atoms in total. The molecule has 1 saturated heterocycles. The van der Waals surface area contributed by atoms with Crippen LogP contribution in [0.5, 0.6) is 0 Å². The topological polar surface area (TPSA) is 104 Å². The number of nitrogens with one attached hydrogen (secondary N) is 2. The van der Waals surface area contributed by atoms with Crippen LogP contribution < -0.4 is 16.0 Å². The summed E-state index contributed by atoms with van der Waals surface area (Å²) >= 11 is 0. The molecule has 2 heterocycles. The molecular formula is C18H23N5O2. The van der Waals surface area contributed by atoms with E-state index >= 15 is 0 Å². The molecule has 25 heavy (non-hydrogen) atoms. The van der Waals surface area contributed by atoms with Crippen LogP contribution in [0.4, 0.5) is 5.69 Å². The van der Waals surface area contributed by atoms with Gasteiger partial charge >= 0.3 is 0 Å². The number of anilines is 1. The van der Waals surface area contributed by atoms with Gasteiger partial charge in [-0.2, -0.15) is 5.10 Å². The quantitative estimate of drug-likeness (QED) is 0.763. The van der Waals surface area contributed by atoms with Crippen LogP contribution in [0.1, 0.15) is 34.6 Å². The molecule has 0 radical (unpaired) electrons. The largest absolute Gasteiger partial charge is 0.371 e. The first kappa shape index (κ1) is 17.0. The third-order valence-electron chi connectivity index (χ3n) is 4.52. The molecule has 2 amide bonds. The molecular weight excluding hydrogens is 318 g/mol. The van der Waals surface area contributed by atoms with E-state index in [1.54, 1.807) is 6.07 Å². The van der Waals surface area contributed by atoms with Crippen LogP contribution in [-0.4, -0.2) is 35.1 Å². The van der Waals surface area contributed by atoms with E-state index in [9.17, 15) is 9.59 Å². The number of aromatic amines is 1. The minimum Gasteiger partial charge on any atom is -0.371 e. The highest BCUT2D eigenvalue weighted by molar-refractivity contribution is 5.92. The van der Waals surface area contributed by atoms with Gasteiger partial charge in [-0.15, -0.1) is 0 Å². The van der Waals surface area contributed by atoms with E-state index < -0.39 is 0 Å². The summed E-state index contributed by atoms with van der Waals surface area (Å²) in [6.07, 6.45) is 1.83. The number of nitrogens with zero attached hydrogens (tertiary/aromatic N) is 2. The second-order valence-corrected chi connectivity index (χ2v) is 6.47. The van der Waals surface area contributed by atoms with Crippen LogP contribution in [-0.2, 0) is 11.3 Å². The lowest BCUT2D eigenvalue weighted by molar-refractivity contribution is -0.122. The number of piperidine rings is 1. The maximum absolute atomic E-state index is 12.0. The molecule has 0 bridgehead atoms. The van der Waals surface area contributed by atoms with Crippen LogP contribution in [0, 0.1) is 12.8 Å². The first-order valence-electron chi connectivity index (χ1n) is 8.46. The van der Waals surface area contributed by atoms with Gasteiger partial charge in [0.2, 0.25) is 5.91 Å². The van der Waals surface area contributed by atoms with Crippen LogP contribution in [0.2, 0.25) is 0 Å². The zero-order valence-corrected chi connectivity index (χ0v) is 14.3. The van der Waals surface area contributed by atoms with Gasteiger partial charge in [0.15, 0.2) is 0 Å². The molecule has 132 valence electrons. The van der Waals surface area contributed by atoms with Gasteiger partial charge in [-0.05, 0) is 43.5 Å². The highest BCUT2D eigenvalue weighted by Gasteiger charge is 2.24. The average molecular weight is 341 g/mol. The molecule has 1 atom stereocenters. The molecule has 4 N–H and O–H groups in total. The summed E-state index contributed by atoms with van der Waals surface area (Å²) in [4.78, 5) is 25.6. The van der Waals surface area contributed by atoms with Gasteiger partial charge in [0.05, 0.1) is 5.92 Å². The van der Waals surface area contributed by atoms with Crippen molar-refractivity contribution in [2.45, 2.75) is 26.3 Å². The SMILES string of the molecule is Cc1cc(C(=O)NCc2ccc(N3CCC[C@H](C(N)=O)C3)cc2)n[nH]1. The lowest BCUT2D eigenvalue weighted by Gasteiger charge is -2.33. The number of hydrogen-bond donors (Lipinski definition) is 3. The summed E-state index contributed by atoms with van der Waals surface area (Å²) in [5.74, 6) is -0.503. The number of aromatic nitrogens is 2. The number of primary amides is 1. The van der Waals surface area contributed by atoms with Crippen molar-refractivity contribution in [3.05, 3.63) is 47.3 Å². The van der Waals surface area contributed by atoms with Crippen molar-refractivity contribution in [3.63, 3.8) is 0 Å². The number of H-pyrrole nitrogens is 1. The molecule has 1 fully saturated rings. The summed E-state index contributed by atoms with van der Waals surface area (Å²) in [6.45, 7) is 3.89. The molecule has 0 saturated carbocycles. The summed E-state index contributed by atoms with van der Waals surface area (Å²) in [5.41, 5.74) is 8.76. The number of carbonyl (C=O) groups is 2. The Labute approximate surface area is 146 Å². The van der Waals surface area contributed by atoms with Crippen LogP contribution in [0.3, 0.4) is 0 Å². The smallest absolute Gasteiger partial charge is 0.272 e. The van der Waals surface area contributed by atoms with E-state index in [1.807, 2.05) is 31.2 Å². The van der Waals surface area contributed by atoms with E-state index in [4.69, 9.17) is 5.73 Å². The standard InChI is InChI=1S/C18H23N5O2/c1-12-9-16(22-21-12)18(25)20-10-13-4-6-15(7-5-13)23-8-2-3-14(11-23)17(19)24/h4-7,9,14H,2-3,8,10-11H2,1H3,(H2,19,24)(H,20,25)(H,21,22)/t14-/m0/s1. The van der Waals surface area contributed by atoms with Gasteiger partial charge < -0.3 is 16.0 Å². The lowest BCUT2D eigenvalue weighted by Crippen LogP contribution is -2.41. The Morgan fingerprint density at radius 3 is 2.76 bits per heavy atom. The number of amides is 2. The summed E-state index contributed by atoms with van der Waals surface area (Å²) < 4.78 is 0. The Morgan fingerprint density at radius 2 is 2.12 bits per heavy atom. The third kappa shape index (κ3) is 4.17. The zero-order valence-electron chi connectivity index (χ0n) is 14.3. The minimum absolute atomic E-state index is 0.0787. The summed E-state index contributed by atoms with van der Waals surface area (Å²) in [6, 6.07) is 9.72. The normalized spacial score (nSPS) is 17.3. The summed E-state index contributed by atoms with van der Waals surface area (Å²) in [7, 11) is 0. The molecule has 1 aromatic heterocycles. The van der Waals surface area contributed by atoms with Crippen molar-refractivity contribution in [1.82, 2.24) is 15.5 Å². The maximum Gasteiger partial charge on any atom is 0.272 e. The Hall–Kier alpha value is -2.83. The van der Waals surface area contributed by atoms with Crippen molar-refractivity contribution < 1.29 is 9.59 Å².